The second-order valence-corrected chi connectivity index (χ2v) is 6.07. The van der Waals surface area contributed by atoms with Crippen LogP contribution in [-0.4, -0.2) is 21.7 Å². The van der Waals surface area contributed by atoms with Gasteiger partial charge in [-0.15, -0.1) is 0 Å². The molecule has 2 heterocycles. The highest BCUT2D eigenvalue weighted by Crippen LogP contribution is 2.51. The number of anilines is 2. The molecule has 2 N–H and O–H groups in total. The Morgan fingerprint density at radius 1 is 1.21 bits per heavy atom. The Labute approximate surface area is 139 Å². The van der Waals surface area contributed by atoms with Crippen LogP contribution >= 0.6 is 0 Å². The van der Waals surface area contributed by atoms with Crippen LogP contribution in [0.15, 0.2) is 48.3 Å². The van der Waals surface area contributed by atoms with Crippen LogP contribution in [0.2, 0.25) is 0 Å². The summed E-state index contributed by atoms with van der Waals surface area (Å²) in [4.78, 5) is 32.8. The Bertz CT molecular complexity index is 861. The number of ketones is 1. The highest BCUT2D eigenvalue weighted by molar-refractivity contribution is 6.10. The molecular weight excluding hydrogens is 304 g/mol. The van der Waals surface area contributed by atoms with Crippen LogP contribution in [0.5, 0.6) is 0 Å². The molecule has 6 nitrogen and oxygen atoms in total. The van der Waals surface area contributed by atoms with Gasteiger partial charge in [0.25, 0.3) is 0 Å². The summed E-state index contributed by atoms with van der Waals surface area (Å²) in [5.74, 6) is 1.34. The molecule has 2 aromatic heterocycles. The Kier molecular flexibility index (Phi) is 3.37. The lowest BCUT2D eigenvalue weighted by Crippen LogP contribution is -2.26. The molecule has 2 aliphatic carbocycles. The molecule has 4 rings (SSSR count). The quantitative estimate of drug-likeness (QED) is 0.908. The van der Waals surface area contributed by atoms with Crippen LogP contribution in [0.1, 0.15) is 35.3 Å². The van der Waals surface area contributed by atoms with Gasteiger partial charge in [-0.3, -0.25) is 9.59 Å². The van der Waals surface area contributed by atoms with Crippen molar-refractivity contribution in [3.63, 3.8) is 0 Å². The Balaban J connectivity index is 1.69. The number of carbonyl (C=O) groups excluding carboxylic acids is 2. The lowest BCUT2D eigenvalue weighted by atomic mass is 10.1. The lowest BCUT2D eigenvalue weighted by Gasteiger charge is -2.11. The minimum Gasteiger partial charge on any atom is -0.325 e. The average molecular weight is 320 g/mol. The fourth-order valence-electron chi connectivity index (χ4n) is 3.05. The zero-order chi connectivity index (χ0) is 16.7. The van der Waals surface area contributed by atoms with E-state index in [0.717, 1.165) is 12.0 Å². The molecule has 2 unspecified atom stereocenters. The monoisotopic (exact) mass is 320 g/mol. The molecule has 120 valence electrons. The van der Waals surface area contributed by atoms with Crippen molar-refractivity contribution in [3.8, 4) is 0 Å². The third kappa shape index (κ3) is 2.67. The molecule has 2 atom stereocenters. The average Bonchev–Trinajstić information content (AvgIpc) is 3.33. The first-order valence-corrected chi connectivity index (χ1v) is 7.85. The minimum absolute atomic E-state index is 0.239. The third-order valence-electron chi connectivity index (χ3n) is 4.24. The number of Topliss-reactive ketones (excluding diaryl/α,β-unsaturated/α-hetero) is 1. The van der Waals surface area contributed by atoms with Crippen LogP contribution in [0.25, 0.3) is 0 Å². The number of carbonyl (C=O) groups is 2. The van der Waals surface area contributed by atoms with E-state index in [4.69, 9.17) is 0 Å². The summed E-state index contributed by atoms with van der Waals surface area (Å²) in [7, 11) is 0. The van der Waals surface area contributed by atoms with E-state index in [1.165, 1.54) is 6.92 Å². The lowest BCUT2D eigenvalue weighted by molar-refractivity contribution is -0.118. The van der Waals surface area contributed by atoms with Gasteiger partial charge in [0.05, 0.1) is 5.70 Å². The molecule has 0 saturated heterocycles. The van der Waals surface area contributed by atoms with Gasteiger partial charge in [0.1, 0.15) is 17.3 Å². The second-order valence-electron chi connectivity index (χ2n) is 6.07. The van der Waals surface area contributed by atoms with Crippen molar-refractivity contribution in [2.45, 2.75) is 19.3 Å². The van der Waals surface area contributed by atoms with E-state index in [0.29, 0.717) is 34.9 Å². The molecule has 0 spiro atoms. The maximum Gasteiger partial charge on any atom is 0.227 e. The summed E-state index contributed by atoms with van der Waals surface area (Å²) >= 11 is 0. The zero-order valence-electron chi connectivity index (χ0n) is 13.1. The third-order valence-corrected chi connectivity index (χ3v) is 4.24. The van der Waals surface area contributed by atoms with Gasteiger partial charge >= 0.3 is 0 Å². The van der Waals surface area contributed by atoms with E-state index in [1.54, 1.807) is 6.20 Å². The first kappa shape index (κ1) is 14.6. The molecule has 1 amide bonds. The summed E-state index contributed by atoms with van der Waals surface area (Å²) in [5, 5.41) is 5.74. The van der Waals surface area contributed by atoms with E-state index >= 15 is 0 Å². The van der Waals surface area contributed by atoms with Gasteiger partial charge in [-0.1, -0.05) is 18.2 Å². The molecule has 1 fully saturated rings. The van der Waals surface area contributed by atoms with Gasteiger partial charge in [0.2, 0.25) is 11.7 Å². The van der Waals surface area contributed by atoms with Crippen molar-refractivity contribution in [2.24, 2.45) is 5.92 Å². The highest BCUT2D eigenvalue weighted by atomic mass is 16.2. The zero-order valence-corrected chi connectivity index (χ0v) is 13.1. The summed E-state index contributed by atoms with van der Waals surface area (Å²) in [5.41, 5.74) is 1.69. The van der Waals surface area contributed by atoms with E-state index in [2.05, 4.69) is 20.6 Å². The van der Waals surface area contributed by atoms with Crippen molar-refractivity contribution >= 4 is 23.3 Å². The largest absolute Gasteiger partial charge is 0.325 e. The molecule has 24 heavy (non-hydrogen) atoms. The van der Waals surface area contributed by atoms with Crippen LogP contribution in [0.4, 0.5) is 11.6 Å². The fourth-order valence-corrected chi connectivity index (χ4v) is 3.05. The first-order chi connectivity index (χ1) is 11.6. The maximum absolute atomic E-state index is 12.8. The van der Waals surface area contributed by atoms with Gasteiger partial charge in [0.15, 0.2) is 0 Å². The predicted molar refractivity (Wildman–Crippen MR) is 88.8 cm³/mol. The van der Waals surface area contributed by atoms with Crippen LogP contribution in [0.3, 0.4) is 0 Å². The van der Waals surface area contributed by atoms with Crippen molar-refractivity contribution in [3.05, 3.63) is 59.6 Å². The minimum atomic E-state index is -0.252. The van der Waals surface area contributed by atoms with Gasteiger partial charge < -0.3 is 10.6 Å². The number of amides is 1. The number of allylic oxidation sites excluding steroid dienone is 2. The number of nitrogens with zero attached hydrogens (tertiary/aromatic N) is 2. The molecule has 0 bridgehead atoms. The summed E-state index contributed by atoms with van der Waals surface area (Å²) in [6.07, 6.45) is 4.53. The van der Waals surface area contributed by atoms with Crippen LogP contribution in [0, 0.1) is 5.92 Å². The van der Waals surface area contributed by atoms with Gasteiger partial charge in [-0.25, -0.2) is 9.97 Å². The van der Waals surface area contributed by atoms with Crippen molar-refractivity contribution in [1.82, 2.24) is 15.3 Å². The van der Waals surface area contributed by atoms with E-state index in [-0.39, 0.29) is 11.7 Å². The molecule has 6 heteroatoms. The molecule has 0 radical (unpaired) electrons. The fraction of sp³-hybridized carbons (Fsp3) is 0.222. The SMILES string of the molecule is CC(=O)NC1=CC2CC2c2ccc(Nc3ccccn3)nc2C1=O. The smallest absolute Gasteiger partial charge is 0.227 e. The molecule has 2 aromatic rings. The number of nitrogens with one attached hydrogen (secondary N) is 2. The van der Waals surface area contributed by atoms with Crippen molar-refractivity contribution in [2.75, 3.05) is 5.32 Å². The highest BCUT2D eigenvalue weighted by Gasteiger charge is 2.43. The maximum atomic E-state index is 12.8. The molecule has 0 aromatic carbocycles. The van der Waals surface area contributed by atoms with Gasteiger partial charge in [-0.05, 0) is 42.0 Å². The summed E-state index contributed by atoms with van der Waals surface area (Å²) in [6.45, 7) is 1.40. The molecule has 0 aliphatic heterocycles. The number of hydrogen-bond acceptors (Lipinski definition) is 5. The van der Waals surface area contributed by atoms with Crippen LogP contribution < -0.4 is 10.6 Å². The number of pyridine rings is 2. The van der Waals surface area contributed by atoms with Gasteiger partial charge in [0, 0.05) is 13.1 Å². The standard InChI is InChI=1S/C18H16N4O2/c1-10(23)20-14-9-11-8-13(11)12-5-6-16(22-17(12)18(14)24)21-15-4-2-3-7-19-15/h2-7,9,11,13H,8H2,1H3,(H,20,23)(H,19,21,22). The second kappa shape index (κ2) is 5.56. The molecular formula is C18H16N4O2. The van der Waals surface area contributed by atoms with Crippen molar-refractivity contribution < 1.29 is 9.59 Å². The van der Waals surface area contributed by atoms with E-state index < -0.39 is 0 Å². The molecule has 2 aliphatic rings. The van der Waals surface area contributed by atoms with Gasteiger partial charge in [-0.2, -0.15) is 0 Å². The normalized spacial score (nSPS) is 21.0. The van der Waals surface area contributed by atoms with Crippen LogP contribution in [-0.2, 0) is 4.79 Å². The summed E-state index contributed by atoms with van der Waals surface area (Å²) in [6, 6.07) is 9.34. The number of rotatable bonds is 3. The Morgan fingerprint density at radius 2 is 2.08 bits per heavy atom. The topological polar surface area (TPSA) is 84.0 Å². The van der Waals surface area contributed by atoms with E-state index in [1.807, 2.05) is 36.4 Å². The van der Waals surface area contributed by atoms with E-state index in [9.17, 15) is 9.59 Å². The number of hydrogen-bond donors (Lipinski definition) is 2. The first-order valence-electron chi connectivity index (χ1n) is 7.85. The predicted octanol–water partition coefficient (Wildman–Crippen LogP) is 2.54. The number of fused-ring (bicyclic) bond motifs is 3. The van der Waals surface area contributed by atoms with Crippen molar-refractivity contribution in [1.29, 1.82) is 0 Å². The molecule has 1 saturated carbocycles. The number of aromatic nitrogens is 2. The Hall–Kier alpha value is -3.02. The summed E-state index contributed by atoms with van der Waals surface area (Å²) < 4.78 is 0. The Morgan fingerprint density at radius 3 is 2.83 bits per heavy atom.